The maximum atomic E-state index is 4.31. The molecular formula is C87H70BN3. The van der Waals surface area contributed by atoms with E-state index >= 15 is 0 Å². The summed E-state index contributed by atoms with van der Waals surface area (Å²) in [6, 6.07) is 118. The molecule has 2 unspecified atom stereocenters. The summed E-state index contributed by atoms with van der Waals surface area (Å²) < 4.78 is 0. The molecule has 0 amide bonds. The SMILES string of the molecule is C=CC(C)CC(CC)N(C)c1cc2c3c(c1)N(c1c(-c4ccccc4)cc(-c4ccccc4)cc1-c1ccccc1)c1ccc(-c4ccccc4)cc1B3c1cc(-c3ccccc3)ccc1N2c1c(-c2ccccc2)cc(-c2ccccc2)cc1-c1ccccc1. The van der Waals surface area contributed by atoms with E-state index in [2.05, 4.69) is 364 Å². The van der Waals surface area contributed by atoms with E-state index in [4.69, 9.17) is 0 Å². The Bertz CT molecular complexity index is 4340. The standard InChI is InChI=1S/C87H70BN3/c1-5-60(3)51-73(6-2)89(4)74-58-83-85-84(59-74)91(87-77(67-43-27-13-28-44-67)54-72(64-37-21-10-22-38-64)55-78(87)68-45-29-14-30-46-68)82-50-48-70(62-33-17-8-18-34-62)57-80(82)88(85)79-56-69(61-31-15-7-16-32-61)47-49-81(79)90(83)86-75(65-39-23-11-24-40-65)52-71(63-35-19-9-20-36-63)53-76(86)66-41-25-12-26-42-66/h5,7-50,52-60,73H,1,6,51H2,2-4H3. The summed E-state index contributed by atoms with van der Waals surface area (Å²) in [4.78, 5) is 7.94. The third-order valence-electron chi connectivity index (χ3n) is 19.0. The predicted octanol–water partition coefficient (Wildman–Crippen LogP) is 21.5. The molecule has 2 aliphatic heterocycles. The number of benzene rings is 13. The summed E-state index contributed by atoms with van der Waals surface area (Å²) in [7, 11) is 2.33. The van der Waals surface area contributed by atoms with Crippen molar-refractivity contribution >= 4 is 62.9 Å². The summed E-state index contributed by atoms with van der Waals surface area (Å²) in [5.74, 6) is 0.312. The fourth-order valence-corrected chi connectivity index (χ4v) is 14.3. The number of anilines is 7. The lowest BCUT2D eigenvalue weighted by molar-refractivity contribution is 0.499. The van der Waals surface area contributed by atoms with Crippen LogP contribution >= 0.6 is 0 Å². The molecule has 2 heterocycles. The minimum absolute atomic E-state index is 0.208. The van der Waals surface area contributed by atoms with Gasteiger partial charge in [0, 0.05) is 63.8 Å². The maximum Gasteiger partial charge on any atom is 0.252 e. The van der Waals surface area contributed by atoms with Crippen LogP contribution in [-0.2, 0) is 0 Å². The molecule has 0 saturated carbocycles. The van der Waals surface area contributed by atoms with Gasteiger partial charge in [0.1, 0.15) is 0 Å². The molecule has 2 atom stereocenters. The molecule has 0 radical (unpaired) electrons. The fraction of sp³-hybridized carbons (Fsp3) is 0.0805. The summed E-state index contributed by atoms with van der Waals surface area (Å²) >= 11 is 0. The van der Waals surface area contributed by atoms with E-state index in [1.807, 2.05) is 0 Å². The Balaban J connectivity index is 1.14. The van der Waals surface area contributed by atoms with Crippen LogP contribution in [0.25, 0.3) is 89.0 Å². The second-order valence-electron chi connectivity index (χ2n) is 24.4. The summed E-state index contributed by atoms with van der Waals surface area (Å²) in [6.07, 6.45) is 4.04. The van der Waals surface area contributed by atoms with Crippen molar-refractivity contribution in [2.75, 3.05) is 21.7 Å². The predicted molar refractivity (Wildman–Crippen MR) is 390 cm³/mol. The van der Waals surface area contributed by atoms with Crippen molar-refractivity contribution in [3.63, 3.8) is 0 Å². The van der Waals surface area contributed by atoms with Crippen molar-refractivity contribution in [2.45, 2.75) is 32.7 Å². The highest BCUT2D eigenvalue weighted by molar-refractivity contribution is 7.00. The Labute approximate surface area is 537 Å². The van der Waals surface area contributed by atoms with E-state index in [1.165, 1.54) is 49.8 Å². The van der Waals surface area contributed by atoms with E-state index in [0.29, 0.717) is 5.92 Å². The molecule has 4 heteroatoms. The van der Waals surface area contributed by atoms with Gasteiger partial charge >= 0.3 is 0 Å². The van der Waals surface area contributed by atoms with Gasteiger partial charge in [-0.2, -0.15) is 0 Å². The minimum Gasteiger partial charge on any atom is -0.371 e. The molecule has 2 aliphatic rings. The lowest BCUT2D eigenvalue weighted by atomic mass is 9.33. The van der Waals surface area contributed by atoms with Crippen LogP contribution in [0.4, 0.5) is 39.8 Å². The maximum absolute atomic E-state index is 4.31. The first kappa shape index (κ1) is 56.6. The largest absolute Gasteiger partial charge is 0.371 e. The van der Waals surface area contributed by atoms with E-state index in [9.17, 15) is 0 Å². The molecule has 0 fully saturated rings. The van der Waals surface area contributed by atoms with Gasteiger partial charge in [-0.3, -0.25) is 0 Å². The van der Waals surface area contributed by atoms with Gasteiger partial charge in [0.05, 0.1) is 11.4 Å². The van der Waals surface area contributed by atoms with Crippen LogP contribution in [0.15, 0.2) is 328 Å². The first-order valence-electron chi connectivity index (χ1n) is 32.1. The van der Waals surface area contributed by atoms with E-state index in [-0.39, 0.29) is 12.8 Å². The van der Waals surface area contributed by atoms with Crippen molar-refractivity contribution in [1.29, 1.82) is 0 Å². The summed E-state index contributed by atoms with van der Waals surface area (Å²) in [6.45, 7) is 8.74. The normalized spacial score (nSPS) is 12.8. The second-order valence-corrected chi connectivity index (χ2v) is 24.4. The van der Waals surface area contributed by atoms with E-state index in [1.54, 1.807) is 0 Å². The Kier molecular flexibility index (Phi) is 15.3. The summed E-state index contributed by atoms with van der Waals surface area (Å²) in [5.41, 5.74) is 30.2. The number of hydrogen-bond donors (Lipinski definition) is 0. The highest BCUT2D eigenvalue weighted by Crippen LogP contribution is 2.55. The Morgan fingerprint density at radius 2 is 0.648 bits per heavy atom. The molecule has 15 rings (SSSR count). The highest BCUT2D eigenvalue weighted by Gasteiger charge is 2.46. The molecule has 0 saturated heterocycles. The van der Waals surface area contributed by atoms with Gasteiger partial charge < -0.3 is 14.7 Å². The Hall–Kier alpha value is -10.9. The van der Waals surface area contributed by atoms with Gasteiger partial charge in [0.15, 0.2) is 0 Å². The molecule has 0 aliphatic carbocycles. The quantitative estimate of drug-likeness (QED) is 0.0705. The van der Waals surface area contributed by atoms with Crippen molar-refractivity contribution in [3.05, 3.63) is 328 Å². The average Bonchev–Trinajstić information content (AvgIpc) is 0.709. The lowest BCUT2D eigenvalue weighted by Crippen LogP contribution is -2.61. The second kappa shape index (κ2) is 24.6. The highest BCUT2D eigenvalue weighted by atomic mass is 15.2. The smallest absolute Gasteiger partial charge is 0.252 e. The van der Waals surface area contributed by atoms with E-state index in [0.717, 1.165) is 108 Å². The molecule has 436 valence electrons. The first-order chi connectivity index (χ1) is 44.9. The molecule has 0 aromatic heterocycles. The third kappa shape index (κ3) is 10.5. The fourth-order valence-electron chi connectivity index (χ4n) is 14.3. The number of hydrogen-bond acceptors (Lipinski definition) is 3. The monoisotopic (exact) mass is 1170 g/mol. The van der Waals surface area contributed by atoms with Gasteiger partial charge in [0.25, 0.3) is 6.71 Å². The van der Waals surface area contributed by atoms with Gasteiger partial charge in [-0.05, 0) is 150 Å². The Morgan fingerprint density at radius 3 is 0.945 bits per heavy atom. The molecule has 0 spiro atoms. The number of allylic oxidation sites excluding steroid dienone is 1. The van der Waals surface area contributed by atoms with Crippen LogP contribution in [0.5, 0.6) is 0 Å². The van der Waals surface area contributed by atoms with Crippen molar-refractivity contribution in [1.82, 2.24) is 0 Å². The van der Waals surface area contributed by atoms with Crippen LogP contribution in [0.1, 0.15) is 26.7 Å². The lowest BCUT2D eigenvalue weighted by Gasteiger charge is -2.46. The molecule has 13 aromatic rings. The topological polar surface area (TPSA) is 9.72 Å². The Morgan fingerprint density at radius 1 is 0.352 bits per heavy atom. The van der Waals surface area contributed by atoms with Crippen LogP contribution < -0.4 is 31.1 Å². The molecule has 0 bridgehead atoms. The van der Waals surface area contributed by atoms with Gasteiger partial charge in [0.2, 0.25) is 0 Å². The zero-order chi connectivity index (χ0) is 61.4. The number of rotatable bonds is 16. The summed E-state index contributed by atoms with van der Waals surface area (Å²) in [5, 5.41) is 0. The zero-order valence-electron chi connectivity index (χ0n) is 51.8. The molecule has 13 aromatic carbocycles. The van der Waals surface area contributed by atoms with Gasteiger partial charge in [-0.1, -0.05) is 287 Å². The molecule has 3 nitrogen and oxygen atoms in total. The van der Waals surface area contributed by atoms with Gasteiger partial charge in [-0.15, -0.1) is 6.58 Å². The van der Waals surface area contributed by atoms with E-state index < -0.39 is 0 Å². The van der Waals surface area contributed by atoms with Crippen molar-refractivity contribution in [2.24, 2.45) is 5.92 Å². The van der Waals surface area contributed by atoms with Crippen LogP contribution in [0.2, 0.25) is 0 Å². The minimum atomic E-state index is -0.218. The first-order valence-corrected chi connectivity index (χ1v) is 32.1. The average molecular weight is 1170 g/mol. The van der Waals surface area contributed by atoms with Crippen LogP contribution in [-0.4, -0.2) is 19.8 Å². The van der Waals surface area contributed by atoms with Crippen molar-refractivity contribution < 1.29 is 0 Å². The third-order valence-corrected chi connectivity index (χ3v) is 19.0. The van der Waals surface area contributed by atoms with Crippen LogP contribution in [0, 0.1) is 5.92 Å². The zero-order valence-corrected chi connectivity index (χ0v) is 51.8. The van der Waals surface area contributed by atoms with Crippen LogP contribution in [0.3, 0.4) is 0 Å². The number of fused-ring (bicyclic) bond motifs is 4. The molecular weight excluding hydrogens is 1100 g/mol. The molecule has 91 heavy (non-hydrogen) atoms. The van der Waals surface area contributed by atoms with Crippen molar-refractivity contribution in [3.8, 4) is 89.0 Å². The molecule has 0 N–H and O–H groups in total. The number of nitrogens with zero attached hydrogens (tertiary/aromatic N) is 3. The van der Waals surface area contributed by atoms with Gasteiger partial charge in [-0.25, -0.2) is 0 Å².